The fourth-order valence-electron chi connectivity index (χ4n) is 1.74. The molecule has 0 spiro atoms. The Labute approximate surface area is 99.0 Å². The zero-order valence-electron chi connectivity index (χ0n) is 10.8. The summed E-state index contributed by atoms with van der Waals surface area (Å²) in [6, 6.07) is 4.23. The van der Waals surface area contributed by atoms with Crippen LogP contribution in [0.3, 0.4) is 0 Å². The molecule has 0 saturated carbocycles. The second-order valence-corrected chi connectivity index (χ2v) is 3.98. The lowest BCUT2D eigenvalue weighted by Gasteiger charge is -2.22. The SMILES string of the molecule is CC.Cc1ccc(C2=CCCN(C)C2)nc1. The van der Waals surface area contributed by atoms with Gasteiger partial charge in [0, 0.05) is 19.3 Å². The van der Waals surface area contributed by atoms with E-state index in [1.807, 2.05) is 20.0 Å². The number of pyridine rings is 1. The van der Waals surface area contributed by atoms with Crippen molar-refractivity contribution in [1.82, 2.24) is 9.88 Å². The van der Waals surface area contributed by atoms with Crippen molar-refractivity contribution in [3.05, 3.63) is 35.7 Å². The second kappa shape index (κ2) is 6.44. The van der Waals surface area contributed by atoms with Gasteiger partial charge in [0.2, 0.25) is 0 Å². The van der Waals surface area contributed by atoms with Crippen LogP contribution in [0.1, 0.15) is 31.5 Å². The van der Waals surface area contributed by atoms with Crippen LogP contribution in [-0.2, 0) is 0 Å². The second-order valence-electron chi connectivity index (χ2n) is 3.98. The molecule has 1 aliphatic rings. The molecule has 2 heterocycles. The summed E-state index contributed by atoms with van der Waals surface area (Å²) < 4.78 is 0. The summed E-state index contributed by atoms with van der Waals surface area (Å²) in [6.45, 7) is 8.25. The van der Waals surface area contributed by atoms with Crippen LogP contribution in [0.2, 0.25) is 0 Å². The average Bonchev–Trinajstić information content (AvgIpc) is 2.32. The summed E-state index contributed by atoms with van der Waals surface area (Å²) in [7, 11) is 2.15. The van der Waals surface area contributed by atoms with E-state index in [1.165, 1.54) is 11.1 Å². The minimum Gasteiger partial charge on any atom is -0.302 e. The van der Waals surface area contributed by atoms with E-state index in [4.69, 9.17) is 0 Å². The van der Waals surface area contributed by atoms with E-state index in [-0.39, 0.29) is 0 Å². The quantitative estimate of drug-likeness (QED) is 0.720. The van der Waals surface area contributed by atoms with Gasteiger partial charge in [-0.1, -0.05) is 26.0 Å². The highest BCUT2D eigenvalue weighted by molar-refractivity contribution is 5.64. The van der Waals surface area contributed by atoms with E-state index >= 15 is 0 Å². The van der Waals surface area contributed by atoms with Crippen molar-refractivity contribution >= 4 is 5.57 Å². The topological polar surface area (TPSA) is 16.1 Å². The molecule has 0 aliphatic carbocycles. The molecule has 16 heavy (non-hydrogen) atoms. The molecular weight excluding hydrogens is 196 g/mol. The van der Waals surface area contributed by atoms with Crippen molar-refractivity contribution < 1.29 is 0 Å². The van der Waals surface area contributed by atoms with Gasteiger partial charge in [0.25, 0.3) is 0 Å². The van der Waals surface area contributed by atoms with Crippen LogP contribution in [-0.4, -0.2) is 30.0 Å². The molecular formula is C14H22N2. The monoisotopic (exact) mass is 218 g/mol. The third kappa shape index (κ3) is 3.46. The van der Waals surface area contributed by atoms with Crippen LogP contribution in [0, 0.1) is 6.92 Å². The standard InChI is InChI=1S/C12H16N2.C2H6/c1-10-5-6-12(13-8-10)11-4-3-7-14(2)9-11;1-2/h4-6,8H,3,7,9H2,1-2H3;1-2H3. The van der Waals surface area contributed by atoms with Crippen LogP contribution in [0.15, 0.2) is 24.4 Å². The summed E-state index contributed by atoms with van der Waals surface area (Å²) >= 11 is 0. The van der Waals surface area contributed by atoms with Crippen LogP contribution in [0.25, 0.3) is 5.57 Å². The smallest absolute Gasteiger partial charge is 0.0671 e. The summed E-state index contributed by atoms with van der Waals surface area (Å²) in [5.74, 6) is 0. The zero-order valence-corrected chi connectivity index (χ0v) is 10.8. The molecule has 0 bridgehead atoms. The van der Waals surface area contributed by atoms with Crippen LogP contribution < -0.4 is 0 Å². The molecule has 0 saturated heterocycles. The van der Waals surface area contributed by atoms with Gasteiger partial charge in [-0.15, -0.1) is 0 Å². The molecule has 2 rings (SSSR count). The van der Waals surface area contributed by atoms with Crippen molar-refractivity contribution in [3.63, 3.8) is 0 Å². The lowest BCUT2D eigenvalue weighted by molar-refractivity contribution is 0.372. The van der Waals surface area contributed by atoms with E-state index in [0.717, 1.165) is 25.2 Å². The summed E-state index contributed by atoms with van der Waals surface area (Å²) in [5, 5.41) is 0. The first-order valence-electron chi connectivity index (χ1n) is 6.06. The Kier molecular flexibility index (Phi) is 5.20. The van der Waals surface area contributed by atoms with Gasteiger partial charge in [0.15, 0.2) is 0 Å². The molecule has 1 aromatic heterocycles. The van der Waals surface area contributed by atoms with Gasteiger partial charge in [-0.3, -0.25) is 4.98 Å². The Morgan fingerprint density at radius 2 is 2.00 bits per heavy atom. The molecule has 0 atom stereocenters. The normalized spacial score (nSPS) is 16.1. The maximum absolute atomic E-state index is 4.44. The van der Waals surface area contributed by atoms with Crippen molar-refractivity contribution in [2.75, 3.05) is 20.1 Å². The predicted molar refractivity (Wildman–Crippen MR) is 70.4 cm³/mol. The molecule has 1 aliphatic heterocycles. The lowest BCUT2D eigenvalue weighted by Crippen LogP contribution is -2.25. The Morgan fingerprint density at radius 3 is 2.56 bits per heavy atom. The van der Waals surface area contributed by atoms with Gasteiger partial charge in [-0.2, -0.15) is 0 Å². The molecule has 2 heteroatoms. The third-order valence-corrected chi connectivity index (χ3v) is 2.58. The number of aryl methyl sites for hydroxylation is 1. The number of aromatic nitrogens is 1. The van der Waals surface area contributed by atoms with Gasteiger partial charge in [-0.05, 0) is 37.6 Å². The number of likely N-dealkylation sites (N-methyl/N-ethyl adjacent to an activating group) is 1. The molecule has 0 fully saturated rings. The van der Waals surface area contributed by atoms with E-state index in [1.54, 1.807) is 0 Å². The highest BCUT2D eigenvalue weighted by atomic mass is 15.1. The first-order chi connectivity index (χ1) is 7.75. The molecule has 0 radical (unpaired) electrons. The maximum Gasteiger partial charge on any atom is 0.0671 e. The Hall–Kier alpha value is -1.15. The molecule has 0 N–H and O–H groups in total. The maximum atomic E-state index is 4.44. The van der Waals surface area contributed by atoms with Crippen LogP contribution in [0.4, 0.5) is 0 Å². The third-order valence-electron chi connectivity index (χ3n) is 2.58. The van der Waals surface area contributed by atoms with Gasteiger partial charge >= 0.3 is 0 Å². The summed E-state index contributed by atoms with van der Waals surface area (Å²) in [5.41, 5.74) is 3.71. The molecule has 1 aromatic rings. The van der Waals surface area contributed by atoms with Gasteiger partial charge in [0.1, 0.15) is 0 Å². The van der Waals surface area contributed by atoms with Crippen molar-refractivity contribution in [3.8, 4) is 0 Å². The van der Waals surface area contributed by atoms with Gasteiger partial charge in [-0.25, -0.2) is 0 Å². The van der Waals surface area contributed by atoms with Gasteiger partial charge in [0.05, 0.1) is 5.69 Å². The van der Waals surface area contributed by atoms with E-state index in [0.29, 0.717) is 0 Å². The van der Waals surface area contributed by atoms with Crippen LogP contribution >= 0.6 is 0 Å². The minimum atomic E-state index is 1.02. The molecule has 2 nitrogen and oxygen atoms in total. The fourth-order valence-corrected chi connectivity index (χ4v) is 1.74. The highest BCUT2D eigenvalue weighted by Crippen LogP contribution is 2.17. The van der Waals surface area contributed by atoms with Crippen LogP contribution in [0.5, 0.6) is 0 Å². The molecule has 88 valence electrons. The van der Waals surface area contributed by atoms with Crippen molar-refractivity contribution in [1.29, 1.82) is 0 Å². The summed E-state index contributed by atoms with van der Waals surface area (Å²) in [4.78, 5) is 6.77. The van der Waals surface area contributed by atoms with E-state index < -0.39 is 0 Å². The largest absolute Gasteiger partial charge is 0.302 e. The molecule has 0 amide bonds. The zero-order chi connectivity index (χ0) is 12.0. The van der Waals surface area contributed by atoms with E-state index in [2.05, 4.69) is 42.1 Å². The van der Waals surface area contributed by atoms with Crippen molar-refractivity contribution in [2.24, 2.45) is 0 Å². The minimum absolute atomic E-state index is 1.02. The number of hydrogen-bond donors (Lipinski definition) is 0. The number of nitrogens with zero attached hydrogens (tertiary/aromatic N) is 2. The Morgan fingerprint density at radius 1 is 1.25 bits per heavy atom. The fraction of sp³-hybridized carbons (Fsp3) is 0.500. The molecule has 0 aromatic carbocycles. The highest BCUT2D eigenvalue weighted by Gasteiger charge is 2.10. The first kappa shape index (κ1) is 12.9. The predicted octanol–water partition coefficient (Wildman–Crippen LogP) is 3.14. The number of rotatable bonds is 1. The van der Waals surface area contributed by atoms with Crippen molar-refractivity contribution in [2.45, 2.75) is 27.2 Å². The van der Waals surface area contributed by atoms with E-state index in [9.17, 15) is 0 Å². The number of hydrogen-bond acceptors (Lipinski definition) is 2. The molecule has 0 unspecified atom stereocenters. The summed E-state index contributed by atoms with van der Waals surface area (Å²) in [6.07, 6.45) is 5.38. The Balaban J connectivity index is 0.000000606. The average molecular weight is 218 g/mol. The first-order valence-corrected chi connectivity index (χ1v) is 6.06. The lowest BCUT2D eigenvalue weighted by atomic mass is 10.1. The van der Waals surface area contributed by atoms with Gasteiger partial charge < -0.3 is 4.90 Å². The Bertz CT molecular complexity index is 338.